The van der Waals surface area contributed by atoms with E-state index in [4.69, 9.17) is 14.2 Å². The molecule has 12 heteroatoms. The average molecular weight is 468 g/mol. The van der Waals surface area contributed by atoms with Gasteiger partial charge in [-0.15, -0.1) is 0 Å². The summed E-state index contributed by atoms with van der Waals surface area (Å²) >= 11 is 0. The number of rotatable bonds is 11. The lowest BCUT2D eigenvalue weighted by Crippen LogP contribution is -2.30. The molecule has 3 aromatic rings. The first-order chi connectivity index (χ1) is 16.5. The third-order valence-corrected chi connectivity index (χ3v) is 4.81. The molecule has 0 saturated carbocycles. The standard InChI is InChI=1S/C22H24N6O6/c1-32-16-7-5-15(6-8-16)22(29)27-26-21-19(28(30)31)20(24-13-25-21)23-11-10-14-4-9-17(33-2)18(12-14)34-3/h4-9,12-13H,10-11H2,1-3H3,(H,27,29)(H2,23,24,25,26). The fraction of sp³-hybridized carbons (Fsp3) is 0.227. The number of hydrazine groups is 1. The minimum atomic E-state index is -0.624. The highest BCUT2D eigenvalue weighted by Gasteiger charge is 2.23. The summed E-state index contributed by atoms with van der Waals surface area (Å²) in [5, 5.41) is 14.7. The molecule has 34 heavy (non-hydrogen) atoms. The Hall–Kier alpha value is -4.61. The van der Waals surface area contributed by atoms with Crippen LogP contribution in [0.5, 0.6) is 17.2 Å². The number of aromatic nitrogens is 2. The summed E-state index contributed by atoms with van der Waals surface area (Å²) in [5.41, 5.74) is 5.78. The van der Waals surface area contributed by atoms with Gasteiger partial charge in [-0.05, 0) is 48.4 Å². The highest BCUT2D eigenvalue weighted by atomic mass is 16.6. The lowest BCUT2D eigenvalue weighted by Gasteiger charge is -2.12. The average Bonchev–Trinajstić information content (AvgIpc) is 2.87. The molecule has 2 aromatic carbocycles. The third-order valence-electron chi connectivity index (χ3n) is 4.81. The molecule has 0 aliphatic carbocycles. The predicted octanol–water partition coefficient (Wildman–Crippen LogP) is 2.82. The van der Waals surface area contributed by atoms with Gasteiger partial charge >= 0.3 is 5.69 Å². The number of ether oxygens (including phenoxy) is 3. The molecule has 12 nitrogen and oxygen atoms in total. The van der Waals surface area contributed by atoms with Gasteiger partial charge in [0.2, 0.25) is 11.6 Å². The number of benzene rings is 2. The van der Waals surface area contributed by atoms with Crippen molar-refractivity contribution in [2.24, 2.45) is 0 Å². The Balaban J connectivity index is 1.67. The molecule has 0 aliphatic rings. The molecular weight excluding hydrogens is 444 g/mol. The summed E-state index contributed by atoms with van der Waals surface area (Å²) in [6.07, 6.45) is 1.70. The summed E-state index contributed by atoms with van der Waals surface area (Å²) in [5.74, 6) is 1.15. The first-order valence-corrected chi connectivity index (χ1v) is 10.1. The SMILES string of the molecule is COc1ccc(C(=O)NNc2ncnc(NCCc3ccc(OC)c(OC)c3)c2[N+](=O)[O-])cc1. The van der Waals surface area contributed by atoms with Gasteiger partial charge in [0.25, 0.3) is 5.91 Å². The zero-order chi connectivity index (χ0) is 24.5. The number of carbonyl (C=O) groups is 1. The molecule has 0 unspecified atom stereocenters. The molecule has 0 bridgehead atoms. The van der Waals surface area contributed by atoms with Gasteiger partial charge in [0, 0.05) is 12.1 Å². The van der Waals surface area contributed by atoms with Crippen molar-refractivity contribution in [3.63, 3.8) is 0 Å². The summed E-state index contributed by atoms with van der Waals surface area (Å²) in [4.78, 5) is 31.3. The first-order valence-electron chi connectivity index (χ1n) is 10.1. The number of anilines is 2. The largest absolute Gasteiger partial charge is 0.497 e. The molecule has 178 valence electrons. The van der Waals surface area contributed by atoms with Crippen molar-refractivity contribution in [3.8, 4) is 17.2 Å². The number of hydrogen-bond donors (Lipinski definition) is 3. The molecule has 3 rings (SSSR count). The second-order valence-electron chi connectivity index (χ2n) is 6.85. The molecule has 1 aromatic heterocycles. The molecule has 0 aliphatic heterocycles. The molecular formula is C22H24N6O6. The maximum Gasteiger partial charge on any atom is 0.354 e. The van der Waals surface area contributed by atoms with Gasteiger partial charge < -0.3 is 19.5 Å². The van der Waals surface area contributed by atoms with Crippen molar-refractivity contribution >= 4 is 23.2 Å². The number of hydrogen-bond acceptors (Lipinski definition) is 10. The number of nitrogens with zero attached hydrogens (tertiary/aromatic N) is 3. The van der Waals surface area contributed by atoms with Gasteiger partial charge in [-0.2, -0.15) is 0 Å². The van der Waals surface area contributed by atoms with Gasteiger partial charge in [0.15, 0.2) is 11.5 Å². The Morgan fingerprint density at radius 2 is 1.68 bits per heavy atom. The van der Waals surface area contributed by atoms with Crippen LogP contribution in [0.15, 0.2) is 48.8 Å². The van der Waals surface area contributed by atoms with Crippen LogP contribution in [0, 0.1) is 10.1 Å². The van der Waals surface area contributed by atoms with E-state index in [0.29, 0.717) is 35.8 Å². The van der Waals surface area contributed by atoms with Crippen LogP contribution < -0.4 is 30.4 Å². The minimum Gasteiger partial charge on any atom is -0.497 e. The van der Waals surface area contributed by atoms with Gasteiger partial charge in [-0.25, -0.2) is 9.97 Å². The van der Waals surface area contributed by atoms with E-state index in [-0.39, 0.29) is 11.6 Å². The van der Waals surface area contributed by atoms with Crippen molar-refractivity contribution < 1.29 is 23.9 Å². The van der Waals surface area contributed by atoms with Gasteiger partial charge in [0.05, 0.1) is 26.3 Å². The normalized spacial score (nSPS) is 10.2. The van der Waals surface area contributed by atoms with Crippen LogP contribution in [0.3, 0.4) is 0 Å². The summed E-state index contributed by atoms with van der Waals surface area (Å²) in [6, 6.07) is 11.9. The Kier molecular flexibility index (Phi) is 8.00. The summed E-state index contributed by atoms with van der Waals surface area (Å²) in [7, 11) is 4.62. The molecule has 0 spiro atoms. The fourth-order valence-corrected chi connectivity index (χ4v) is 3.06. The molecule has 0 saturated heterocycles. The highest BCUT2D eigenvalue weighted by Crippen LogP contribution is 2.29. The van der Waals surface area contributed by atoms with Crippen molar-refractivity contribution in [2.45, 2.75) is 6.42 Å². The Labute approximate surface area is 195 Å². The molecule has 1 amide bonds. The molecule has 1 heterocycles. The Bertz CT molecular complexity index is 1160. The van der Waals surface area contributed by atoms with Crippen LogP contribution in [-0.2, 0) is 6.42 Å². The van der Waals surface area contributed by atoms with E-state index < -0.39 is 16.5 Å². The van der Waals surface area contributed by atoms with Crippen molar-refractivity contribution in [2.75, 3.05) is 38.6 Å². The third kappa shape index (κ3) is 5.79. The van der Waals surface area contributed by atoms with Crippen LogP contribution in [0.25, 0.3) is 0 Å². The van der Waals surface area contributed by atoms with E-state index in [1.165, 1.54) is 7.11 Å². The topological polar surface area (TPSA) is 150 Å². The lowest BCUT2D eigenvalue weighted by atomic mass is 10.1. The lowest BCUT2D eigenvalue weighted by molar-refractivity contribution is -0.383. The second kappa shape index (κ2) is 11.3. The van der Waals surface area contributed by atoms with Crippen LogP contribution in [0.4, 0.5) is 17.3 Å². The fourth-order valence-electron chi connectivity index (χ4n) is 3.06. The van der Waals surface area contributed by atoms with Crippen LogP contribution >= 0.6 is 0 Å². The van der Waals surface area contributed by atoms with E-state index in [9.17, 15) is 14.9 Å². The zero-order valence-corrected chi connectivity index (χ0v) is 18.8. The van der Waals surface area contributed by atoms with E-state index in [0.717, 1.165) is 11.9 Å². The number of nitrogens with one attached hydrogen (secondary N) is 3. The maximum absolute atomic E-state index is 12.3. The first kappa shape index (κ1) is 24.0. The predicted molar refractivity (Wildman–Crippen MR) is 125 cm³/mol. The van der Waals surface area contributed by atoms with E-state index >= 15 is 0 Å². The van der Waals surface area contributed by atoms with Crippen molar-refractivity contribution in [1.29, 1.82) is 0 Å². The van der Waals surface area contributed by atoms with Crippen LogP contribution in [-0.4, -0.2) is 48.7 Å². The monoisotopic (exact) mass is 468 g/mol. The molecule has 0 fully saturated rings. The van der Waals surface area contributed by atoms with E-state index in [2.05, 4.69) is 26.1 Å². The molecule has 0 atom stereocenters. The van der Waals surface area contributed by atoms with Crippen molar-refractivity contribution in [1.82, 2.24) is 15.4 Å². The number of carbonyl (C=O) groups excluding carboxylic acids is 1. The molecule has 3 N–H and O–H groups in total. The van der Waals surface area contributed by atoms with Crippen LogP contribution in [0.2, 0.25) is 0 Å². The summed E-state index contributed by atoms with van der Waals surface area (Å²) < 4.78 is 15.6. The number of nitro groups is 1. The van der Waals surface area contributed by atoms with Gasteiger partial charge in [0.1, 0.15) is 12.1 Å². The van der Waals surface area contributed by atoms with Crippen LogP contribution in [0.1, 0.15) is 15.9 Å². The van der Waals surface area contributed by atoms with E-state index in [1.807, 2.05) is 12.1 Å². The smallest absolute Gasteiger partial charge is 0.354 e. The Morgan fingerprint density at radius 3 is 2.32 bits per heavy atom. The second-order valence-corrected chi connectivity index (χ2v) is 6.85. The minimum absolute atomic E-state index is 0.0154. The number of amides is 1. The van der Waals surface area contributed by atoms with E-state index in [1.54, 1.807) is 44.6 Å². The quantitative estimate of drug-likeness (QED) is 0.283. The maximum atomic E-state index is 12.3. The van der Waals surface area contributed by atoms with Gasteiger partial charge in [-0.1, -0.05) is 6.07 Å². The number of methoxy groups -OCH3 is 3. The zero-order valence-electron chi connectivity index (χ0n) is 18.8. The van der Waals surface area contributed by atoms with Gasteiger partial charge in [-0.3, -0.25) is 25.8 Å². The van der Waals surface area contributed by atoms with Crippen molar-refractivity contribution in [3.05, 3.63) is 70.0 Å². The Morgan fingerprint density at radius 1 is 0.971 bits per heavy atom. The summed E-state index contributed by atoms with van der Waals surface area (Å²) in [6.45, 7) is 0.352. The molecule has 0 radical (unpaired) electrons. The highest BCUT2D eigenvalue weighted by molar-refractivity contribution is 5.95.